The first-order valence-corrected chi connectivity index (χ1v) is 12.1. The molecule has 31 heavy (non-hydrogen) atoms. The predicted octanol–water partition coefficient (Wildman–Crippen LogP) is 3.36. The fourth-order valence-corrected chi connectivity index (χ4v) is 4.35. The molecule has 1 aliphatic rings. The van der Waals surface area contributed by atoms with Crippen molar-refractivity contribution in [1.82, 2.24) is 15.6 Å². The number of aliphatic hydroxyl groups excluding tert-OH is 1. The zero-order chi connectivity index (χ0) is 22.1. The molecule has 7 nitrogen and oxygen atoms in total. The van der Waals surface area contributed by atoms with Crippen LogP contribution in [0.3, 0.4) is 0 Å². The SMILES string of the molecule is CCNC(=NCC(O)c1ccc(OC(C)C)cc1)NCCc1csc(N2CCCC2)n1. The molecule has 1 fully saturated rings. The van der Waals surface area contributed by atoms with Gasteiger partial charge in [0.2, 0.25) is 0 Å². The van der Waals surface area contributed by atoms with E-state index in [9.17, 15) is 5.11 Å². The summed E-state index contributed by atoms with van der Waals surface area (Å²) in [5, 5.41) is 20.4. The molecule has 0 aliphatic carbocycles. The van der Waals surface area contributed by atoms with Crippen molar-refractivity contribution in [3.63, 3.8) is 0 Å². The molecule has 3 rings (SSSR count). The minimum absolute atomic E-state index is 0.130. The molecule has 1 aromatic heterocycles. The molecule has 1 saturated heterocycles. The van der Waals surface area contributed by atoms with Gasteiger partial charge in [0.1, 0.15) is 5.75 Å². The molecule has 1 aliphatic heterocycles. The van der Waals surface area contributed by atoms with E-state index < -0.39 is 6.10 Å². The highest BCUT2D eigenvalue weighted by atomic mass is 32.1. The molecule has 2 heterocycles. The summed E-state index contributed by atoms with van der Waals surface area (Å²) in [6.45, 7) is 10.1. The number of hydrogen-bond donors (Lipinski definition) is 3. The Morgan fingerprint density at radius 3 is 2.65 bits per heavy atom. The van der Waals surface area contributed by atoms with Gasteiger partial charge in [0, 0.05) is 38.0 Å². The first kappa shape index (κ1) is 23.3. The molecule has 3 N–H and O–H groups in total. The van der Waals surface area contributed by atoms with E-state index in [4.69, 9.17) is 9.72 Å². The van der Waals surface area contributed by atoms with E-state index >= 15 is 0 Å². The quantitative estimate of drug-likeness (QED) is 0.384. The Kier molecular flexibility index (Phi) is 8.97. The summed E-state index contributed by atoms with van der Waals surface area (Å²) >= 11 is 1.73. The van der Waals surface area contributed by atoms with Crippen molar-refractivity contribution in [2.75, 3.05) is 37.6 Å². The second kappa shape index (κ2) is 11.9. The molecule has 1 atom stereocenters. The Morgan fingerprint density at radius 1 is 1.23 bits per heavy atom. The van der Waals surface area contributed by atoms with Crippen molar-refractivity contribution < 1.29 is 9.84 Å². The third-order valence-corrected chi connectivity index (χ3v) is 5.94. The highest BCUT2D eigenvalue weighted by Crippen LogP contribution is 2.24. The van der Waals surface area contributed by atoms with Crippen LogP contribution in [0.25, 0.3) is 0 Å². The lowest BCUT2D eigenvalue weighted by atomic mass is 10.1. The van der Waals surface area contributed by atoms with Crippen LogP contribution >= 0.6 is 11.3 Å². The minimum atomic E-state index is -0.662. The van der Waals surface area contributed by atoms with Crippen molar-refractivity contribution in [1.29, 1.82) is 0 Å². The van der Waals surface area contributed by atoms with Gasteiger partial charge in [-0.3, -0.25) is 4.99 Å². The van der Waals surface area contributed by atoms with Gasteiger partial charge in [-0.2, -0.15) is 0 Å². The molecular weight excluding hydrogens is 410 g/mol. The summed E-state index contributed by atoms with van der Waals surface area (Å²) in [5.74, 6) is 1.51. The zero-order valence-electron chi connectivity index (χ0n) is 18.8. The van der Waals surface area contributed by atoms with Crippen LogP contribution in [-0.2, 0) is 6.42 Å². The fraction of sp³-hybridized carbons (Fsp3) is 0.565. The number of aliphatic imine (C=N–C) groups is 1. The van der Waals surface area contributed by atoms with Crippen LogP contribution in [0.1, 0.15) is 51.0 Å². The van der Waals surface area contributed by atoms with Crippen LogP contribution in [-0.4, -0.2) is 54.9 Å². The van der Waals surface area contributed by atoms with Gasteiger partial charge in [0.15, 0.2) is 11.1 Å². The molecule has 0 saturated carbocycles. The van der Waals surface area contributed by atoms with E-state index in [1.165, 1.54) is 12.8 Å². The molecule has 170 valence electrons. The third-order valence-electron chi connectivity index (χ3n) is 4.99. The highest BCUT2D eigenvalue weighted by molar-refractivity contribution is 7.13. The number of hydrogen-bond acceptors (Lipinski definition) is 6. The Bertz CT molecular complexity index is 816. The van der Waals surface area contributed by atoms with Crippen LogP contribution in [0.5, 0.6) is 5.75 Å². The van der Waals surface area contributed by atoms with Crippen molar-refractivity contribution in [2.24, 2.45) is 4.99 Å². The normalized spacial score (nSPS) is 15.4. The predicted molar refractivity (Wildman–Crippen MR) is 128 cm³/mol. The van der Waals surface area contributed by atoms with Gasteiger partial charge in [-0.1, -0.05) is 12.1 Å². The van der Waals surface area contributed by atoms with E-state index in [2.05, 4.69) is 25.9 Å². The largest absolute Gasteiger partial charge is 0.491 e. The maximum absolute atomic E-state index is 10.5. The van der Waals surface area contributed by atoms with E-state index in [1.807, 2.05) is 45.0 Å². The minimum Gasteiger partial charge on any atom is -0.491 e. The third kappa shape index (κ3) is 7.40. The number of aliphatic hydroxyl groups is 1. The van der Waals surface area contributed by atoms with Gasteiger partial charge < -0.3 is 25.4 Å². The Morgan fingerprint density at radius 2 is 1.97 bits per heavy atom. The summed E-state index contributed by atoms with van der Waals surface area (Å²) in [5.41, 5.74) is 1.94. The molecular formula is C23H35N5O2S. The van der Waals surface area contributed by atoms with Crippen molar-refractivity contribution in [3.05, 3.63) is 40.9 Å². The van der Waals surface area contributed by atoms with Gasteiger partial charge in [-0.15, -0.1) is 11.3 Å². The average Bonchev–Trinajstić information content (AvgIpc) is 3.44. The zero-order valence-corrected chi connectivity index (χ0v) is 19.6. The van der Waals surface area contributed by atoms with Gasteiger partial charge in [-0.05, 0) is 51.3 Å². The number of nitrogens with zero attached hydrogens (tertiary/aromatic N) is 3. The average molecular weight is 446 g/mol. The summed E-state index contributed by atoms with van der Waals surface area (Å²) in [6, 6.07) is 7.54. The lowest BCUT2D eigenvalue weighted by Crippen LogP contribution is -2.38. The van der Waals surface area contributed by atoms with Gasteiger partial charge in [0.25, 0.3) is 0 Å². The maximum atomic E-state index is 10.5. The first-order chi connectivity index (χ1) is 15.0. The summed E-state index contributed by atoms with van der Waals surface area (Å²) in [6.07, 6.45) is 2.84. The van der Waals surface area contributed by atoms with Crippen LogP contribution in [0, 0.1) is 0 Å². The molecule has 0 amide bonds. The van der Waals surface area contributed by atoms with Crippen molar-refractivity contribution in [2.45, 2.75) is 52.2 Å². The number of ether oxygens (including phenoxy) is 1. The number of benzene rings is 1. The number of nitrogens with one attached hydrogen (secondary N) is 2. The Hall–Kier alpha value is -2.32. The number of anilines is 1. The number of thiazole rings is 1. The Labute approximate surface area is 189 Å². The second-order valence-corrected chi connectivity index (χ2v) is 8.80. The topological polar surface area (TPSA) is 82.0 Å². The van der Waals surface area contributed by atoms with Crippen LogP contribution in [0.2, 0.25) is 0 Å². The summed E-state index contributed by atoms with van der Waals surface area (Å²) in [4.78, 5) is 11.7. The molecule has 0 radical (unpaired) electrons. The van der Waals surface area contributed by atoms with Crippen LogP contribution in [0.4, 0.5) is 5.13 Å². The smallest absolute Gasteiger partial charge is 0.191 e. The molecule has 1 aromatic carbocycles. The van der Waals surface area contributed by atoms with Crippen molar-refractivity contribution >= 4 is 22.4 Å². The molecule has 8 heteroatoms. The fourth-order valence-electron chi connectivity index (χ4n) is 3.44. The number of aromatic nitrogens is 1. The van der Waals surface area contributed by atoms with Crippen LogP contribution < -0.4 is 20.3 Å². The highest BCUT2D eigenvalue weighted by Gasteiger charge is 2.15. The molecule has 0 spiro atoms. The number of guanidine groups is 1. The summed E-state index contributed by atoms with van der Waals surface area (Å²) < 4.78 is 5.65. The summed E-state index contributed by atoms with van der Waals surface area (Å²) in [7, 11) is 0. The lowest BCUT2D eigenvalue weighted by Gasteiger charge is -2.14. The van der Waals surface area contributed by atoms with Crippen LogP contribution in [0.15, 0.2) is 34.6 Å². The second-order valence-electron chi connectivity index (χ2n) is 7.96. The lowest BCUT2D eigenvalue weighted by molar-refractivity contribution is 0.186. The van der Waals surface area contributed by atoms with Gasteiger partial charge >= 0.3 is 0 Å². The molecule has 1 unspecified atom stereocenters. The van der Waals surface area contributed by atoms with E-state index in [1.54, 1.807) is 11.3 Å². The Balaban J connectivity index is 1.47. The maximum Gasteiger partial charge on any atom is 0.191 e. The monoisotopic (exact) mass is 445 g/mol. The molecule has 2 aromatic rings. The first-order valence-electron chi connectivity index (χ1n) is 11.2. The van der Waals surface area contributed by atoms with E-state index in [0.29, 0.717) is 5.96 Å². The van der Waals surface area contributed by atoms with E-state index in [-0.39, 0.29) is 12.6 Å². The molecule has 0 bridgehead atoms. The van der Waals surface area contributed by atoms with E-state index in [0.717, 1.165) is 54.7 Å². The van der Waals surface area contributed by atoms with Gasteiger partial charge in [-0.25, -0.2) is 4.98 Å². The number of rotatable bonds is 10. The standard InChI is InChI=1S/C23H35N5O2S/c1-4-24-22(25-12-11-19-16-31-23(27-19)28-13-5-6-14-28)26-15-21(29)18-7-9-20(10-8-18)30-17(2)3/h7-10,16-17,21,29H,4-6,11-15H2,1-3H3,(H2,24,25,26). The van der Waals surface area contributed by atoms with Gasteiger partial charge in [0.05, 0.1) is 24.4 Å². The van der Waals surface area contributed by atoms with Crippen molar-refractivity contribution in [3.8, 4) is 5.75 Å².